The van der Waals surface area contributed by atoms with Crippen LogP contribution < -0.4 is 0 Å². The minimum atomic E-state index is -0.802. The van der Waals surface area contributed by atoms with Gasteiger partial charge in [0.2, 0.25) is 0 Å². The van der Waals surface area contributed by atoms with Crippen molar-refractivity contribution in [2.24, 2.45) is 0 Å². The van der Waals surface area contributed by atoms with Crippen molar-refractivity contribution < 1.29 is 28.6 Å². The molecule has 0 radical (unpaired) electrons. The van der Waals surface area contributed by atoms with Crippen LogP contribution in [-0.2, 0) is 28.6 Å². The van der Waals surface area contributed by atoms with Crippen LogP contribution in [0.15, 0.2) is 72.9 Å². The third-order valence-corrected chi connectivity index (χ3v) is 11.8. The molecule has 0 amide bonds. The van der Waals surface area contributed by atoms with Gasteiger partial charge in [-0.25, -0.2) is 0 Å². The number of hydrogen-bond acceptors (Lipinski definition) is 6. The highest BCUT2D eigenvalue weighted by Crippen LogP contribution is 2.16. The first-order valence-electron chi connectivity index (χ1n) is 27.5. The molecular formula is C59H102O6. The van der Waals surface area contributed by atoms with Gasteiger partial charge in [-0.2, -0.15) is 0 Å². The third-order valence-electron chi connectivity index (χ3n) is 11.8. The lowest BCUT2D eigenvalue weighted by atomic mass is 10.0. The zero-order valence-corrected chi connectivity index (χ0v) is 42.7. The first-order chi connectivity index (χ1) is 32.0. The molecule has 1 unspecified atom stereocenters. The van der Waals surface area contributed by atoms with Crippen molar-refractivity contribution >= 4 is 17.9 Å². The normalized spacial score (nSPS) is 12.6. The minimum Gasteiger partial charge on any atom is -0.462 e. The van der Waals surface area contributed by atoms with Crippen molar-refractivity contribution in [3.63, 3.8) is 0 Å². The number of unbranched alkanes of at least 4 members (excludes halogenated alkanes) is 28. The molecule has 1 atom stereocenters. The fourth-order valence-electron chi connectivity index (χ4n) is 7.64. The van der Waals surface area contributed by atoms with Crippen molar-refractivity contribution in [3.8, 4) is 0 Å². The lowest BCUT2D eigenvalue weighted by Crippen LogP contribution is -2.30. The van der Waals surface area contributed by atoms with Gasteiger partial charge in [-0.05, 0) is 70.6 Å². The summed E-state index contributed by atoms with van der Waals surface area (Å²) in [6.45, 7) is 6.46. The van der Waals surface area contributed by atoms with E-state index in [0.29, 0.717) is 19.3 Å². The Morgan fingerprint density at radius 1 is 0.338 bits per heavy atom. The maximum absolute atomic E-state index is 12.8. The predicted octanol–water partition coefficient (Wildman–Crippen LogP) is 18.2. The van der Waals surface area contributed by atoms with Crippen molar-refractivity contribution in [3.05, 3.63) is 72.9 Å². The highest BCUT2D eigenvalue weighted by Gasteiger charge is 2.19. The Bertz CT molecular complexity index is 1230. The van der Waals surface area contributed by atoms with Crippen molar-refractivity contribution in [1.29, 1.82) is 0 Å². The summed E-state index contributed by atoms with van der Waals surface area (Å²) < 4.78 is 16.8. The summed E-state index contributed by atoms with van der Waals surface area (Å²) in [6.07, 6.45) is 67.6. The Labute approximate surface area is 402 Å². The molecule has 0 aromatic rings. The number of esters is 3. The zero-order valence-electron chi connectivity index (χ0n) is 42.7. The summed E-state index contributed by atoms with van der Waals surface area (Å²) in [4.78, 5) is 38.0. The maximum Gasteiger partial charge on any atom is 0.306 e. The molecule has 65 heavy (non-hydrogen) atoms. The molecule has 0 rings (SSSR count). The van der Waals surface area contributed by atoms with Gasteiger partial charge in [0.15, 0.2) is 6.10 Å². The van der Waals surface area contributed by atoms with E-state index < -0.39 is 6.10 Å². The maximum atomic E-state index is 12.8. The van der Waals surface area contributed by atoms with Crippen molar-refractivity contribution in [2.75, 3.05) is 13.2 Å². The first kappa shape index (κ1) is 61.9. The average molecular weight is 907 g/mol. The molecule has 0 aromatic carbocycles. The fourth-order valence-corrected chi connectivity index (χ4v) is 7.64. The van der Waals surface area contributed by atoms with Crippen LogP contribution in [0, 0.1) is 0 Å². The molecule has 0 heterocycles. The SMILES string of the molecule is CC/C=C\C/C=C\C/C=C\CCCC(=O)OCC(COC(=O)CCCCCCC\C=C/C=C\C=C/CCCCCCC)OC(=O)CCCCCCCCCCCCCCCCCCCC. The molecule has 0 bridgehead atoms. The second kappa shape index (κ2) is 53.5. The number of carbonyl (C=O) groups is 3. The van der Waals surface area contributed by atoms with Crippen molar-refractivity contribution in [1.82, 2.24) is 0 Å². The molecule has 0 aliphatic heterocycles. The van der Waals surface area contributed by atoms with Gasteiger partial charge < -0.3 is 14.2 Å². The largest absolute Gasteiger partial charge is 0.462 e. The van der Waals surface area contributed by atoms with Gasteiger partial charge >= 0.3 is 17.9 Å². The summed E-state index contributed by atoms with van der Waals surface area (Å²) in [5.41, 5.74) is 0. The number of hydrogen-bond donors (Lipinski definition) is 0. The van der Waals surface area contributed by atoms with Crippen LogP contribution in [0.4, 0.5) is 0 Å². The van der Waals surface area contributed by atoms with Crippen LogP contribution in [0.2, 0.25) is 0 Å². The van der Waals surface area contributed by atoms with Crippen LogP contribution in [0.3, 0.4) is 0 Å². The molecule has 6 heteroatoms. The van der Waals surface area contributed by atoms with Crippen LogP contribution in [0.1, 0.15) is 265 Å². The van der Waals surface area contributed by atoms with Crippen molar-refractivity contribution in [2.45, 2.75) is 271 Å². The quantitative estimate of drug-likeness (QED) is 0.0199. The Morgan fingerprint density at radius 2 is 0.677 bits per heavy atom. The Morgan fingerprint density at radius 3 is 1.11 bits per heavy atom. The van der Waals surface area contributed by atoms with Crippen LogP contribution in [0.25, 0.3) is 0 Å². The Hall–Kier alpha value is -3.15. The van der Waals surface area contributed by atoms with Crippen LogP contribution >= 0.6 is 0 Å². The van der Waals surface area contributed by atoms with E-state index in [0.717, 1.165) is 89.9 Å². The smallest absolute Gasteiger partial charge is 0.306 e. The highest BCUT2D eigenvalue weighted by atomic mass is 16.6. The number of allylic oxidation sites excluding steroid dienone is 12. The lowest BCUT2D eigenvalue weighted by Gasteiger charge is -2.18. The number of ether oxygens (including phenoxy) is 3. The fraction of sp³-hybridized carbons (Fsp3) is 0.746. The van der Waals surface area contributed by atoms with E-state index in [9.17, 15) is 14.4 Å². The topological polar surface area (TPSA) is 78.9 Å². The molecule has 0 spiro atoms. The first-order valence-corrected chi connectivity index (χ1v) is 27.5. The molecule has 0 aromatic heterocycles. The summed E-state index contributed by atoms with van der Waals surface area (Å²) in [5.74, 6) is -0.967. The Kier molecular flexibility index (Phi) is 50.9. The number of carbonyl (C=O) groups excluding carboxylic acids is 3. The standard InChI is InChI=1S/C59H102O6/c1-4-7-10-13-16-19-22-24-26-28-30-32-34-37-40-43-46-49-52-58(61)64-55-56(54-63-57(60)51-48-45-42-39-36-21-18-15-12-9-6-3)65-59(62)53-50-47-44-41-38-35-33-31-29-27-25-23-20-17-14-11-8-5-2/h9,12,18,21-22,24,26,28,30,32,39,42,56H,4-8,10-11,13-17,19-20,23,25,27,29,31,33-38,40-41,43-55H2,1-3H3/b12-9-,21-18-,24-22-,28-26-,32-30-,42-39-. The van der Waals surface area contributed by atoms with E-state index in [1.807, 2.05) is 0 Å². The minimum absolute atomic E-state index is 0.100. The molecule has 0 saturated carbocycles. The molecule has 0 aliphatic carbocycles. The average Bonchev–Trinajstić information content (AvgIpc) is 3.30. The molecule has 374 valence electrons. The third kappa shape index (κ3) is 51.7. The van der Waals surface area contributed by atoms with E-state index in [4.69, 9.17) is 14.2 Å². The molecular weight excluding hydrogens is 805 g/mol. The second-order valence-electron chi connectivity index (χ2n) is 18.2. The highest BCUT2D eigenvalue weighted by molar-refractivity contribution is 5.71. The Balaban J connectivity index is 4.40. The molecule has 6 nitrogen and oxygen atoms in total. The van der Waals surface area contributed by atoms with Gasteiger partial charge in [0.1, 0.15) is 13.2 Å². The van der Waals surface area contributed by atoms with Gasteiger partial charge in [0.05, 0.1) is 0 Å². The second-order valence-corrected chi connectivity index (χ2v) is 18.2. The monoisotopic (exact) mass is 907 g/mol. The summed E-state index contributed by atoms with van der Waals surface area (Å²) in [6, 6.07) is 0. The summed E-state index contributed by atoms with van der Waals surface area (Å²) in [5, 5.41) is 0. The summed E-state index contributed by atoms with van der Waals surface area (Å²) in [7, 11) is 0. The predicted molar refractivity (Wildman–Crippen MR) is 279 cm³/mol. The van der Waals surface area contributed by atoms with E-state index in [1.54, 1.807) is 0 Å². The van der Waals surface area contributed by atoms with Gasteiger partial charge in [0, 0.05) is 19.3 Å². The lowest BCUT2D eigenvalue weighted by molar-refractivity contribution is -0.167. The van der Waals surface area contributed by atoms with E-state index in [2.05, 4.69) is 93.7 Å². The van der Waals surface area contributed by atoms with Gasteiger partial charge in [-0.15, -0.1) is 0 Å². The van der Waals surface area contributed by atoms with E-state index in [-0.39, 0.29) is 37.5 Å². The molecule has 0 N–H and O–H groups in total. The van der Waals surface area contributed by atoms with Crippen LogP contribution in [0.5, 0.6) is 0 Å². The van der Waals surface area contributed by atoms with Crippen LogP contribution in [-0.4, -0.2) is 37.2 Å². The van der Waals surface area contributed by atoms with E-state index in [1.165, 1.54) is 128 Å². The van der Waals surface area contributed by atoms with E-state index >= 15 is 0 Å². The zero-order chi connectivity index (χ0) is 47.2. The molecule has 0 fully saturated rings. The molecule has 0 aliphatic rings. The van der Waals surface area contributed by atoms with Gasteiger partial charge in [0.25, 0.3) is 0 Å². The number of rotatable bonds is 49. The van der Waals surface area contributed by atoms with Gasteiger partial charge in [-0.3, -0.25) is 14.4 Å². The van der Waals surface area contributed by atoms with Gasteiger partial charge in [-0.1, -0.05) is 248 Å². The summed E-state index contributed by atoms with van der Waals surface area (Å²) >= 11 is 0. The molecule has 0 saturated heterocycles.